The lowest BCUT2D eigenvalue weighted by atomic mass is 10.0. The van der Waals surface area contributed by atoms with Crippen LogP contribution in [0.3, 0.4) is 0 Å². The van der Waals surface area contributed by atoms with Crippen molar-refractivity contribution in [2.75, 3.05) is 24.5 Å². The van der Waals surface area contributed by atoms with E-state index in [4.69, 9.17) is 5.73 Å². The van der Waals surface area contributed by atoms with Crippen molar-refractivity contribution in [1.29, 1.82) is 0 Å². The molecule has 1 aromatic heterocycles. The van der Waals surface area contributed by atoms with E-state index >= 15 is 0 Å². The first-order valence-corrected chi connectivity index (χ1v) is 8.81. The highest BCUT2D eigenvalue weighted by molar-refractivity contribution is 7.13. The number of primary amides is 1. The molecular formula is C17H21FN4OS. The highest BCUT2D eigenvalue weighted by atomic mass is 32.1. The lowest BCUT2D eigenvalue weighted by Crippen LogP contribution is -2.54. The molecule has 0 aliphatic carbocycles. The number of piperazine rings is 1. The van der Waals surface area contributed by atoms with Gasteiger partial charge in [0.2, 0.25) is 5.91 Å². The van der Waals surface area contributed by atoms with Crippen molar-refractivity contribution < 1.29 is 9.18 Å². The Kier molecular flexibility index (Phi) is 4.82. The minimum atomic E-state index is -0.534. The first-order chi connectivity index (χ1) is 11.5. The van der Waals surface area contributed by atoms with E-state index in [2.05, 4.69) is 21.7 Å². The number of thiazole rings is 1. The normalized spacial score (nSPS) is 20.1. The smallest absolute Gasteiger partial charge is 0.239 e. The molecule has 7 heteroatoms. The van der Waals surface area contributed by atoms with Gasteiger partial charge in [-0.25, -0.2) is 9.37 Å². The lowest BCUT2D eigenvalue weighted by molar-refractivity contribution is -0.123. The predicted octanol–water partition coefficient (Wildman–Crippen LogP) is 2.33. The van der Waals surface area contributed by atoms with Crippen LogP contribution in [0, 0.1) is 12.7 Å². The zero-order chi connectivity index (χ0) is 17.3. The Labute approximate surface area is 144 Å². The van der Waals surface area contributed by atoms with Crippen LogP contribution in [-0.4, -0.2) is 41.5 Å². The molecule has 0 saturated carbocycles. The van der Waals surface area contributed by atoms with Crippen molar-refractivity contribution in [2.45, 2.75) is 25.9 Å². The van der Waals surface area contributed by atoms with Crippen LogP contribution in [0.15, 0.2) is 29.6 Å². The SMILES string of the molecule is Cc1csc(N2CCN([C@@H](C(N)=O)c3ccc(F)cc3)C[C@@H]2C)n1. The first-order valence-electron chi connectivity index (χ1n) is 7.93. The number of rotatable bonds is 4. The van der Waals surface area contributed by atoms with Crippen molar-refractivity contribution >= 4 is 22.4 Å². The standard InChI is InChI=1S/C17H21FN4OS/c1-11-10-24-17(20-11)22-8-7-21(9-12(22)2)15(16(19)23)13-3-5-14(18)6-4-13/h3-6,10,12,15H,7-9H2,1-2H3,(H2,19,23)/t12-,15+/m0/s1. The van der Waals surface area contributed by atoms with Crippen LogP contribution >= 0.6 is 11.3 Å². The van der Waals surface area contributed by atoms with Gasteiger partial charge in [0, 0.05) is 31.1 Å². The molecule has 128 valence electrons. The summed E-state index contributed by atoms with van der Waals surface area (Å²) in [6.45, 7) is 6.28. The average Bonchev–Trinajstić information content (AvgIpc) is 2.95. The Bertz CT molecular complexity index is 718. The maximum absolute atomic E-state index is 13.2. The molecule has 3 rings (SSSR count). The van der Waals surface area contributed by atoms with Gasteiger partial charge in [-0.05, 0) is 31.5 Å². The summed E-state index contributed by atoms with van der Waals surface area (Å²) in [5.41, 5.74) is 7.38. The van der Waals surface area contributed by atoms with Gasteiger partial charge in [-0.2, -0.15) is 0 Å². The number of amides is 1. The van der Waals surface area contributed by atoms with Gasteiger partial charge in [0.1, 0.15) is 11.9 Å². The van der Waals surface area contributed by atoms with Gasteiger partial charge in [0.15, 0.2) is 5.13 Å². The number of carbonyl (C=O) groups excluding carboxylic acids is 1. The predicted molar refractivity (Wildman–Crippen MR) is 93.6 cm³/mol. The maximum Gasteiger partial charge on any atom is 0.239 e. The third-order valence-corrected chi connectivity index (χ3v) is 5.33. The highest BCUT2D eigenvalue weighted by Gasteiger charge is 2.33. The van der Waals surface area contributed by atoms with E-state index in [1.807, 2.05) is 12.3 Å². The molecule has 1 amide bonds. The van der Waals surface area contributed by atoms with E-state index in [1.165, 1.54) is 12.1 Å². The van der Waals surface area contributed by atoms with E-state index < -0.39 is 11.9 Å². The Morgan fingerprint density at radius 2 is 2.08 bits per heavy atom. The van der Waals surface area contributed by atoms with Crippen LogP contribution in [0.25, 0.3) is 0 Å². The Morgan fingerprint density at radius 3 is 2.62 bits per heavy atom. The molecule has 24 heavy (non-hydrogen) atoms. The molecule has 2 aromatic rings. The van der Waals surface area contributed by atoms with Gasteiger partial charge in [-0.15, -0.1) is 11.3 Å². The molecule has 1 fully saturated rings. The quantitative estimate of drug-likeness (QED) is 0.921. The van der Waals surface area contributed by atoms with Gasteiger partial charge in [0.05, 0.1) is 5.69 Å². The van der Waals surface area contributed by atoms with Crippen LogP contribution in [-0.2, 0) is 4.79 Å². The summed E-state index contributed by atoms with van der Waals surface area (Å²) in [4.78, 5) is 20.9. The van der Waals surface area contributed by atoms with Crippen molar-refractivity contribution in [3.63, 3.8) is 0 Å². The first kappa shape index (κ1) is 16.9. The number of hydrogen-bond acceptors (Lipinski definition) is 5. The van der Waals surface area contributed by atoms with Gasteiger partial charge >= 0.3 is 0 Å². The zero-order valence-electron chi connectivity index (χ0n) is 13.8. The minimum Gasteiger partial charge on any atom is -0.368 e. The van der Waals surface area contributed by atoms with Crippen LogP contribution in [0.2, 0.25) is 0 Å². The maximum atomic E-state index is 13.2. The molecule has 0 spiro atoms. The number of hydrogen-bond donors (Lipinski definition) is 1. The fourth-order valence-electron chi connectivity index (χ4n) is 3.18. The fraction of sp³-hybridized carbons (Fsp3) is 0.412. The van der Waals surface area contributed by atoms with E-state index in [0.29, 0.717) is 13.1 Å². The van der Waals surface area contributed by atoms with Crippen molar-refractivity contribution in [3.05, 3.63) is 46.7 Å². The molecule has 5 nitrogen and oxygen atoms in total. The van der Waals surface area contributed by atoms with E-state index in [0.717, 1.165) is 22.9 Å². The zero-order valence-corrected chi connectivity index (χ0v) is 14.6. The van der Waals surface area contributed by atoms with Crippen LogP contribution in [0.5, 0.6) is 0 Å². The van der Waals surface area contributed by atoms with E-state index in [-0.39, 0.29) is 11.9 Å². The summed E-state index contributed by atoms with van der Waals surface area (Å²) in [5.74, 6) is -0.730. The molecule has 0 unspecified atom stereocenters. The molecule has 2 N–H and O–H groups in total. The second-order valence-electron chi connectivity index (χ2n) is 6.17. The van der Waals surface area contributed by atoms with Gasteiger partial charge in [0.25, 0.3) is 0 Å². The second kappa shape index (κ2) is 6.86. The van der Waals surface area contributed by atoms with Gasteiger partial charge in [-0.1, -0.05) is 12.1 Å². The van der Waals surface area contributed by atoms with E-state index in [1.54, 1.807) is 23.5 Å². The summed E-state index contributed by atoms with van der Waals surface area (Å²) < 4.78 is 13.2. The number of nitrogens with zero attached hydrogens (tertiary/aromatic N) is 3. The van der Waals surface area contributed by atoms with Crippen LogP contribution < -0.4 is 10.6 Å². The molecule has 2 atom stereocenters. The number of benzene rings is 1. The number of anilines is 1. The van der Waals surface area contributed by atoms with Crippen molar-refractivity contribution in [3.8, 4) is 0 Å². The highest BCUT2D eigenvalue weighted by Crippen LogP contribution is 2.28. The number of nitrogens with two attached hydrogens (primary N) is 1. The van der Waals surface area contributed by atoms with Gasteiger partial charge in [-0.3, -0.25) is 9.69 Å². The number of aromatic nitrogens is 1. The van der Waals surface area contributed by atoms with Gasteiger partial charge < -0.3 is 10.6 Å². The number of halogens is 1. The summed E-state index contributed by atoms with van der Waals surface area (Å²) in [7, 11) is 0. The summed E-state index contributed by atoms with van der Waals surface area (Å²) >= 11 is 1.64. The Morgan fingerprint density at radius 1 is 1.38 bits per heavy atom. The third-order valence-electron chi connectivity index (χ3n) is 4.33. The lowest BCUT2D eigenvalue weighted by Gasteiger charge is -2.42. The number of aryl methyl sites for hydroxylation is 1. The van der Waals surface area contributed by atoms with E-state index in [9.17, 15) is 9.18 Å². The molecule has 1 aliphatic heterocycles. The largest absolute Gasteiger partial charge is 0.368 e. The third kappa shape index (κ3) is 3.42. The average molecular weight is 348 g/mol. The molecular weight excluding hydrogens is 327 g/mol. The summed E-state index contributed by atoms with van der Waals surface area (Å²) in [6, 6.07) is 5.67. The van der Waals surface area contributed by atoms with Crippen molar-refractivity contribution in [2.24, 2.45) is 5.73 Å². The molecule has 0 radical (unpaired) electrons. The number of carbonyl (C=O) groups is 1. The van der Waals surface area contributed by atoms with Crippen LogP contribution in [0.4, 0.5) is 9.52 Å². The Balaban J connectivity index is 1.77. The topological polar surface area (TPSA) is 62.5 Å². The summed E-state index contributed by atoms with van der Waals surface area (Å²) in [6.07, 6.45) is 0. The second-order valence-corrected chi connectivity index (χ2v) is 7.00. The monoisotopic (exact) mass is 348 g/mol. The summed E-state index contributed by atoms with van der Waals surface area (Å²) in [5, 5.41) is 3.05. The molecule has 1 saturated heterocycles. The van der Waals surface area contributed by atoms with Crippen LogP contribution in [0.1, 0.15) is 24.2 Å². The molecule has 1 aliphatic rings. The molecule has 0 bridgehead atoms. The molecule has 1 aromatic carbocycles. The minimum absolute atomic E-state index is 0.214. The Hall–Kier alpha value is -1.99. The fourth-order valence-corrected chi connectivity index (χ4v) is 4.11. The molecule has 2 heterocycles. The van der Waals surface area contributed by atoms with Crippen molar-refractivity contribution in [1.82, 2.24) is 9.88 Å².